The molecule has 0 radical (unpaired) electrons. The summed E-state index contributed by atoms with van der Waals surface area (Å²) >= 11 is 0. The summed E-state index contributed by atoms with van der Waals surface area (Å²) in [7, 11) is 0. The third kappa shape index (κ3) is 3.68. The van der Waals surface area contributed by atoms with Crippen LogP contribution in [0.1, 0.15) is 12.5 Å². The number of hydrogen-bond acceptors (Lipinski definition) is 2. The number of hydrogen-bond donors (Lipinski definition) is 1. The van der Waals surface area contributed by atoms with E-state index in [4.69, 9.17) is 0 Å². The van der Waals surface area contributed by atoms with E-state index in [9.17, 15) is 9.59 Å². The number of benzene rings is 1. The van der Waals surface area contributed by atoms with Crippen molar-refractivity contribution in [2.24, 2.45) is 0 Å². The van der Waals surface area contributed by atoms with Crippen LogP contribution in [0.3, 0.4) is 0 Å². The van der Waals surface area contributed by atoms with Crippen LogP contribution in [-0.4, -0.2) is 10.5 Å². The number of pyridine rings is 1. The summed E-state index contributed by atoms with van der Waals surface area (Å²) in [6.07, 6.45) is 4.85. The van der Waals surface area contributed by atoms with Gasteiger partial charge in [0, 0.05) is 24.9 Å². The van der Waals surface area contributed by atoms with Crippen LogP contribution in [0.2, 0.25) is 0 Å². The predicted octanol–water partition coefficient (Wildman–Crippen LogP) is 2.52. The third-order valence-electron chi connectivity index (χ3n) is 2.82. The van der Waals surface area contributed by atoms with Gasteiger partial charge < -0.3 is 9.88 Å². The smallest absolute Gasteiger partial charge is 0.250 e. The number of amides is 1. The molecule has 4 nitrogen and oxygen atoms in total. The Morgan fingerprint density at radius 3 is 2.65 bits per heavy atom. The zero-order valence-electron chi connectivity index (χ0n) is 11.2. The van der Waals surface area contributed by atoms with Crippen molar-refractivity contribution in [1.82, 2.24) is 4.57 Å². The van der Waals surface area contributed by atoms with Crippen LogP contribution in [0.4, 0.5) is 5.69 Å². The summed E-state index contributed by atoms with van der Waals surface area (Å²) in [4.78, 5) is 23.2. The minimum Gasteiger partial charge on any atom is -0.321 e. The van der Waals surface area contributed by atoms with Crippen LogP contribution >= 0.6 is 0 Å². The highest BCUT2D eigenvalue weighted by molar-refractivity contribution is 6.01. The largest absolute Gasteiger partial charge is 0.321 e. The Bertz CT molecular complexity index is 672. The molecule has 20 heavy (non-hydrogen) atoms. The van der Waals surface area contributed by atoms with Gasteiger partial charge in [-0.15, -0.1) is 0 Å². The lowest BCUT2D eigenvalue weighted by Gasteiger charge is -2.05. The van der Waals surface area contributed by atoms with Gasteiger partial charge in [0.15, 0.2) is 0 Å². The third-order valence-corrected chi connectivity index (χ3v) is 2.82. The Balaban J connectivity index is 2.05. The highest BCUT2D eigenvalue weighted by Gasteiger charge is 2.00. The van der Waals surface area contributed by atoms with E-state index in [1.54, 1.807) is 18.3 Å². The van der Waals surface area contributed by atoms with E-state index < -0.39 is 0 Å². The standard InChI is InChI=1S/C16H16N2O2/c1-2-18-12-14(9-11-16(18)20)17-15(19)10-8-13-6-4-3-5-7-13/h3-12H,2H2,1H3,(H,17,19). The number of carbonyl (C=O) groups is 1. The van der Waals surface area contributed by atoms with Crippen LogP contribution in [-0.2, 0) is 11.3 Å². The van der Waals surface area contributed by atoms with Crippen LogP contribution in [0.15, 0.2) is 59.5 Å². The molecule has 0 unspecified atom stereocenters. The molecular formula is C16H16N2O2. The number of nitrogens with zero attached hydrogens (tertiary/aromatic N) is 1. The summed E-state index contributed by atoms with van der Waals surface area (Å²) < 4.78 is 1.54. The first-order valence-electron chi connectivity index (χ1n) is 6.43. The second kappa shape index (κ2) is 6.52. The van der Waals surface area contributed by atoms with Gasteiger partial charge in [0.1, 0.15) is 0 Å². The average molecular weight is 268 g/mol. The second-order valence-corrected chi connectivity index (χ2v) is 4.28. The number of carbonyl (C=O) groups excluding carboxylic acids is 1. The summed E-state index contributed by atoms with van der Waals surface area (Å²) in [6.45, 7) is 2.45. The van der Waals surface area contributed by atoms with Crippen molar-refractivity contribution in [2.45, 2.75) is 13.5 Å². The topological polar surface area (TPSA) is 51.1 Å². The molecule has 1 N–H and O–H groups in total. The van der Waals surface area contributed by atoms with Gasteiger partial charge in [-0.3, -0.25) is 9.59 Å². The lowest BCUT2D eigenvalue weighted by atomic mass is 10.2. The van der Waals surface area contributed by atoms with E-state index in [-0.39, 0.29) is 11.5 Å². The molecule has 0 atom stereocenters. The number of rotatable bonds is 4. The van der Waals surface area contributed by atoms with Gasteiger partial charge in [0.25, 0.3) is 5.56 Å². The molecule has 1 heterocycles. The van der Waals surface area contributed by atoms with Crippen LogP contribution < -0.4 is 10.9 Å². The molecule has 0 saturated heterocycles. The SMILES string of the molecule is CCn1cc(NC(=O)C=Cc2ccccc2)ccc1=O. The summed E-state index contributed by atoms with van der Waals surface area (Å²) in [5, 5.41) is 2.73. The molecule has 1 aromatic carbocycles. The molecule has 0 aliphatic rings. The van der Waals surface area contributed by atoms with E-state index in [1.165, 1.54) is 16.7 Å². The highest BCUT2D eigenvalue weighted by atomic mass is 16.1. The van der Waals surface area contributed by atoms with Crippen molar-refractivity contribution >= 4 is 17.7 Å². The zero-order valence-corrected chi connectivity index (χ0v) is 11.2. The van der Waals surface area contributed by atoms with Gasteiger partial charge >= 0.3 is 0 Å². The average Bonchev–Trinajstić information content (AvgIpc) is 2.48. The van der Waals surface area contributed by atoms with Crippen molar-refractivity contribution in [1.29, 1.82) is 0 Å². The first kappa shape index (κ1) is 13.8. The number of aromatic nitrogens is 1. The molecule has 0 aliphatic carbocycles. The lowest BCUT2D eigenvalue weighted by Crippen LogP contribution is -2.19. The van der Waals surface area contributed by atoms with E-state index in [0.717, 1.165) is 5.56 Å². The Morgan fingerprint density at radius 2 is 1.95 bits per heavy atom. The van der Waals surface area contributed by atoms with Crippen molar-refractivity contribution in [2.75, 3.05) is 5.32 Å². The predicted molar refractivity (Wildman–Crippen MR) is 80.5 cm³/mol. The van der Waals surface area contributed by atoms with Gasteiger partial charge in [-0.1, -0.05) is 30.3 Å². The molecule has 2 aromatic rings. The number of aryl methyl sites for hydroxylation is 1. The van der Waals surface area contributed by atoms with Crippen LogP contribution in [0.5, 0.6) is 0 Å². The monoisotopic (exact) mass is 268 g/mol. The quantitative estimate of drug-likeness (QED) is 0.866. The minimum absolute atomic E-state index is 0.0784. The molecule has 102 valence electrons. The fourth-order valence-electron chi connectivity index (χ4n) is 1.77. The molecule has 0 aliphatic heterocycles. The Morgan fingerprint density at radius 1 is 1.20 bits per heavy atom. The normalized spacial score (nSPS) is 10.7. The van der Waals surface area contributed by atoms with Crippen LogP contribution in [0, 0.1) is 0 Å². The lowest BCUT2D eigenvalue weighted by molar-refractivity contribution is -0.111. The van der Waals surface area contributed by atoms with Crippen molar-refractivity contribution < 1.29 is 4.79 Å². The Kier molecular flexibility index (Phi) is 4.50. The Hall–Kier alpha value is -2.62. The molecule has 0 bridgehead atoms. The van der Waals surface area contributed by atoms with Gasteiger partial charge in [0.05, 0.1) is 5.69 Å². The second-order valence-electron chi connectivity index (χ2n) is 4.28. The molecule has 2 rings (SSSR count). The van der Waals surface area contributed by atoms with Crippen molar-refractivity contribution in [3.8, 4) is 0 Å². The fraction of sp³-hybridized carbons (Fsp3) is 0.125. The maximum absolute atomic E-state index is 11.8. The maximum Gasteiger partial charge on any atom is 0.250 e. The summed E-state index contributed by atoms with van der Waals surface area (Å²) in [6, 6.07) is 12.6. The van der Waals surface area contributed by atoms with E-state index in [2.05, 4.69) is 5.32 Å². The maximum atomic E-state index is 11.8. The highest BCUT2D eigenvalue weighted by Crippen LogP contribution is 2.05. The molecule has 0 saturated carbocycles. The van der Waals surface area contributed by atoms with Crippen molar-refractivity contribution in [3.63, 3.8) is 0 Å². The number of nitrogens with one attached hydrogen (secondary N) is 1. The van der Waals surface area contributed by atoms with Crippen molar-refractivity contribution in [3.05, 3.63) is 70.7 Å². The van der Waals surface area contributed by atoms with E-state index in [1.807, 2.05) is 37.3 Å². The minimum atomic E-state index is -0.227. The first-order valence-corrected chi connectivity index (χ1v) is 6.43. The number of anilines is 1. The van der Waals surface area contributed by atoms with Crippen LogP contribution in [0.25, 0.3) is 6.08 Å². The van der Waals surface area contributed by atoms with E-state index in [0.29, 0.717) is 12.2 Å². The molecule has 1 aromatic heterocycles. The fourth-order valence-corrected chi connectivity index (χ4v) is 1.77. The molecule has 4 heteroatoms. The molecule has 1 amide bonds. The van der Waals surface area contributed by atoms with Gasteiger partial charge in [-0.25, -0.2) is 0 Å². The van der Waals surface area contributed by atoms with Gasteiger partial charge in [-0.05, 0) is 24.6 Å². The first-order chi connectivity index (χ1) is 9.69. The van der Waals surface area contributed by atoms with Gasteiger partial charge in [0.2, 0.25) is 5.91 Å². The summed E-state index contributed by atoms with van der Waals surface area (Å²) in [5.41, 5.74) is 1.49. The summed E-state index contributed by atoms with van der Waals surface area (Å²) in [5.74, 6) is -0.227. The molecule has 0 spiro atoms. The molecular weight excluding hydrogens is 252 g/mol. The Labute approximate surface area is 117 Å². The zero-order chi connectivity index (χ0) is 14.4. The van der Waals surface area contributed by atoms with Gasteiger partial charge in [-0.2, -0.15) is 0 Å². The molecule has 0 fully saturated rings. The van der Waals surface area contributed by atoms with E-state index >= 15 is 0 Å².